The molecule has 3 heterocycles. The number of thiazole rings is 1. The highest BCUT2D eigenvalue weighted by Crippen LogP contribution is 2.35. The van der Waals surface area contributed by atoms with Crippen molar-refractivity contribution in [3.63, 3.8) is 0 Å². The third-order valence-electron chi connectivity index (χ3n) is 3.76. The predicted molar refractivity (Wildman–Crippen MR) is 95.8 cm³/mol. The summed E-state index contributed by atoms with van der Waals surface area (Å²) >= 11 is 3.03. The van der Waals surface area contributed by atoms with Gasteiger partial charge in [0.1, 0.15) is 4.88 Å². The van der Waals surface area contributed by atoms with E-state index in [1.165, 1.54) is 17.0 Å². The number of carbonyl (C=O) groups excluding carboxylic acids is 1. The molecule has 1 aromatic carbocycles. The van der Waals surface area contributed by atoms with Crippen molar-refractivity contribution >= 4 is 45.6 Å². The second kappa shape index (κ2) is 5.82. The molecule has 4 rings (SSSR count). The fourth-order valence-corrected chi connectivity index (χ4v) is 4.24. The van der Waals surface area contributed by atoms with Crippen molar-refractivity contribution < 1.29 is 4.79 Å². The van der Waals surface area contributed by atoms with E-state index in [0.29, 0.717) is 4.88 Å². The fourth-order valence-electron chi connectivity index (χ4n) is 2.58. The number of aryl methyl sites for hydroxylation is 1. The summed E-state index contributed by atoms with van der Waals surface area (Å²) in [5, 5.41) is 6.13. The molecular weight excluding hydrogens is 328 g/mol. The fraction of sp³-hybridized carbons (Fsp3) is 0.188. The van der Waals surface area contributed by atoms with Crippen LogP contribution in [0.5, 0.6) is 0 Å². The molecule has 0 spiro atoms. The first-order valence-corrected chi connectivity index (χ1v) is 8.99. The second-order valence-corrected chi connectivity index (χ2v) is 6.93. The summed E-state index contributed by atoms with van der Waals surface area (Å²) in [5.41, 5.74) is 5.55. The third-order valence-corrected chi connectivity index (χ3v) is 5.59. The molecule has 2 aromatic rings. The normalized spacial score (nSPS) is 16.1. The van der Waals surface area contributed by atoms with Crippen molar-refractivity contribution in [2.24, 2.45) is 4.99 Å². The van der Waals surface area contributed by atoms with Gasteiger partial charge in [0, 0.05) is 17.6 Å². The van der Waals surface area contributed by atoms with Crippen molar-refractivity contribution in [2.45, 2.75) is 6.92 Å². The number of hydrogen-bond donors (Lipinski definition) is 1. The van der Waals surface area contributed by atoms with Crippen molar-refractivity contribution in [2.75, 3.05) is 18.4 Å². The van der Waals surface area contributed by atoms with E-state index in [0.717, 1.165) is 35.2 Å². The Labute approximate surface area is 142 Å². The Bertz CT molecular complexity index is 823. The summed E-state index contributed by atoms with van der Waals surface area (Å²) in [6.45, 7) is 3.65. The molecule has 0 aliphatic carbocycles. The van der Waals surface area contributed by atoms with Crippen LogP contribution in [0.3, 0.4) is 0 Å². The number of hydrogen-bond acceptors (Lipinski definition) is 6. The molecule has 1 N–H and O–H groups in total. The van der Waals surface area contributed by atoms with Crippen LogP contribution in [0, 0.1) is 6.92 Å². The lowest BCUT2D eigenvalue weighted by Crippen LogP contribution is -2.19. The lowest BCUT2D eigenvalue weighted by Gasteiger charge is -2.16. The van der Waals surface area contributed by atoms with Gasteiger partial charge in [0.15, 0.2) is 5.17 Å². The zero-order valence-electron chi connectivity index (χ0n) is 12.4. The smallest absolute Gasteiger partial charge is 0.267 e. The number of carbonyl (C=O) groups is 1. The van der Waals surface area contributed by atoms with Crippen LogP contribution in [0.15, 0.2) is 40.2 Å². The Kier molecular flexibility index (Phi) is 3.66. The van der Waals surface area contributed by atoms with E-state index < -0.39 is 0 Å². The first-order valence-electron chi connectivity index (χ1n) is 7.23. The van der Waals surface area contributed by atoms with Crippen molar-refractivity contribution in [3.8, 4) is 0 Å². The molecule has 1 amide bonds. The average molecular weight is 342 g/mol. The van der Waals surface area contributed by atoms with E-state index in [9.17, 15) is 4.79 Å². The highest BCUT2D eigenvalue weighted by atomic mass is 32.2. The van der Waals surface area contributed by atoms with E-state index in [1.54, 1.807) is 17.3 Å². The monoisotopic (exact) mass is 342 g/mol. The van der Waals surface area contributed by atoms with Crippen molar-refractivity contribution in [1.29, 1.82) is 0 Å². The minimum atomic E-state index is -0.109. The Morgan fingerprint density at radius 1 is 1.30 bits per heavy atom. The number of aliphatic imine (C=N–C) groups is 1. The number of anilines is 1. The molecule has 2 aliphatic heterocycles. The lowest BCUT2D eigenvalue weighted by atomic mass is 10.1. The van der Waals surface area contributed by atoms with Gasteiger partial charge >= 0.3 is 0 Å². The van der Waals surface area contributed by atoms with Crippen LogP contribution in [-0.4, -0.2) is 34.0 Å². The van der Waals surface area contributed by atoms with Crippen LogP contribution in [0.2, 0.25) is 0 Å². The average Bonchev–Trinajstić information content (AvgIpc) is 3.24. The SMILES string of the molecule is Cc1ncsc1C(=O)Nc1ccc(C2=CSC3=NCCN23)cc1. The number of nitrogens with zero attached hydrogens (tertiary/aromatic N) is 3. The number of thioether (sulfide) groups is 1. The predicted octanol–water partition coefficient (Wildman–Crippen LogP) is 3.42. The number of benzene rings is 1. The highest BCUT2D eigenvalue weighted by Gasteiger charge is 2.26. The third kappa shape index (κ3) is 2.66. The first-order chi connectivity index (χ1) is 11.2. The van der Waals surface area contributed by atoms with Gasteiger partial charge in [-0.1, -0.05) is 23.9 Å². The van der Waals surface area contributed by atoms with Gasteiger partial charge < -0.3 is 10.2 Å². The number of fused-ring (bicyclic) bond motifs is 1. The second-order valence-electron chi connectivity index (χ2n) is 5.24. The van der Waals surface area contributed by atoms with Crippen LogP contribution in [0.1, 0.15) is 20.9 Å². The van der Waals surface area contributed by atoms with Gasteiger partial charge in [-0.2, -0.15) is 0 Å². The molecule has 116 valence electrons. The van der Waals surface area contributed by atoms with E-state index in [1.807, 2.05) is 31.2 Å². The van der Waals surface area contributed by atoms with Crippen LogP contribution >= 0.6 is 23.1 Å². The number of amidine groups is 1. The molecule has 0 saturated carbocycles. The minimum absolute atomic E-state index is 0.109. The van der Waals surface area contributed by atoms with Crippen LogP contribution < -0.4 is 5.32 Å². The highest BCUT2D eigenvalue weighted by molar-refractivity contribution is 8.16. The molecule has 0 radical (unpaired) electrons. The number of aromatic nitrogens is 1. The Morgan fingerprint density at radius 2 is 2.13 bits per heavy atom. The molecule has 0 saturated heterocycles. The Morgan fingerprint density at radius 3 is 2.87 bits per heavy atom. The van der Waals surface area contributed by atoms with E-state index >= 15 is 0 Å². The van der Waals surface area contributed by atoms with Crippen LogP contribution in [0.25, 0.3) is 5.70 Å². The number of rotatable bonds is 3. The topological polar surface area (TPSA) is 57.6 Å². The van der Waals surface area contributed by atoms with Gasteiger partial charge in [-0.05, 0) is 24.6 Å². The quantitative estimate of drug-likeness (QED) is 0.928. The number of amides is 1. The van der Waals surface area contributed by atoms with Crippen LogP contribution in [-0.2, 0) is 0 Å². The van der Waals surface area contributed by atoms with Gasteiger partial charge in [0.25, 0.3) is 5.91 Å². The molecule has 0 fully saturated rings. The molecule has 0 bridgehead atoms. The molecule has 0 unspecified atom stereocenters. The molecular formula is C16H14N4OS2. The van der Waals surface area contributed by atoms with Crippen LogP contribution in [0.4, 0.5) is 5.69 Å². The molecule has 23 heavy (non-hydrogen) atoms. The van der Waals surface area contributed by atoms with Gasteiger partial charge in [0.2, 0.25) is 0 Å². The largest absolute Gasteiger partial charge is 0.321 e. The first kappa shape index (κ1) is 14.5. The lowest BCUT2D eigenvalue weighted by molar-refractivity contribution is 0.103. The summed E-state index contributed by atoms with van der Waals surface area (Å²) in [7, 11) is 0. The maximum atomic E-state index is 12.2. The summed E-state index contributed by atoms with van der Waals surface area (Å²) in [6.07, 6.45) is 0. The van der Waals surface area contributed by atoms with Gasteiger partial charge in [-0.15, -0.1) is 11.3 Å². The molecule has 2 aliphatic rings. The maximum Gasteiger partial charge on any atom is 0.267 e. The summed E-state index contributed by atoms with van der Waals surface area (Å²) in [4.78, 5) is 23.7. The Hall–Kier alpha value is -2.12. The molecule has 1 aromatic heterocycles. The van der Waals surface area contributed by atoms with Gasteiger partial charge in [-0.25, -0.2) is 4.98 Å². The Balaban J connectivity index is 1.49. The maximum absolute atomic E-state index is 12.2. The molecule has 5 nitrogen and oxygen atoms in total. The van der Waals surface area contributed by atoms with E-state index in [-0.39, 0.29) is 5.91 Å². The van der Waals surface area contributed by atoms with E-state index in [4.69, 9.17) is 0 Å². The number of nitrogens with one attached hydrogen (secondary N) is 1. The molecule has 7 heteroatoms. The van der Waals surface area contributed by atoms with Gasteiger partial charge in [0.05, 0.1) is 23.4 Å². The minimum Gasteiger partial charge on any atom is -0.321 e. The van der Waals surface area contributed by atoms with E-state index in [2.05, 4.69) is 25.6 Å². The van der Waals surface area contributed by atoms with Crippen molar-refractivity contribution in [3.05, 3.63) is 51.3 Å². The molecule has 0 atom stereocenters. The summed E-state index contributed by atoms with van der Waals surface area (Å²) in [6, 6.07) is 7.92. The zero-order valence-corrected chi connectivity index (χ0v) is 14.1. The summed E-state index contributed by atoms with van der Waals surface area (Å²) in [5.74, 6) is -0.109. The van der Waals surface area contributed by atoms with Crippen molar-refractivity contribution in [1.82, 2.24) is 9.88 Å². The van der Waals surface area contributed by atoms with Gasteiger partial charge in [-0.3, -0.25) is 9.79 Å². The zero-order chi connectivity index (χ0) is 15.8. The standard InChI is InChI=1S/C16H14N4OS2/c1-10-14(23-9-18-10)15(21)19-12-4-2-11(3-5-12)13-8-22-16-17-6-7-20(13)16/h2-5,8-9H,6-7H2,1H3,(H,19,21). The summed E-state index contributed by atoms with van der Waals surface area (Å²) < 4.78 is 0.